The Morgan fingerprint density at radius 3 is 2.44 bits per heavy atom. The van der Waals surface area contributed by atoms with Gasteiger partial charge in [-0.2, -0.15) is 13.2 Å². The van der Waals surface area contributed by atoms with Crippen LogP contribution >= 0.6 is 0 Å². The molecular formula is C24H35F3N4O5. The fourth-order valence-electron chi connectivity index (χ4n) is 4.29. The molecule has 1 aromatic carbocycles. The Balaban J connectivity index is 0.000000572. The zero-order valence-electron chi connectivity index (χ0n) is 20.7. The van der Waals surface area contributed by atoms with E-state index in [9.17, 15) is 22.8 Å². The summed E-state index contributed by atoms with van der Waals surface area (Å²) in [6, 6.07) is 7.64. The Labute approximate surface area is 209 Å². The molecule has 2 heterocycles. The van der Waals surface area contributed by atoms with E-state index in [1.807, 2.05) is 28.0 Å². The van der Waals surface area contributed by atoms with Gasteiger partial charge in [-0.15, -0.1) is 0 Å². The molecule has 2 amide bonds. The van der Waals surface area contributed by atoms with Crippen LogP contribution in [0.25, 0.3) is 0 Å². The number of nitrogens with one attached hydrogen (secondary N) is 1. The monoisotopic (exact) mass is 516 g/mol. The van der Waals surface area contributed by atoms with Crippen LogP contribution in [0.15, 0.2) is 24.3 Å². The van der Waals surface area contributed by atoms with Crippen LogP contribution in [-0.2, 0) is 9.59 Å². The highest BCUT2D eigenvalue weighted by atomic mass is 19.4. The largest absolute Gasteiger partial charge is 0.497 e. The molecule has 2 aliphatic heterocycles. The maximum atomic E-state index is 13.3. The first-order valence-corrected chi connectivity index (χ1v) is 12.0. The summed E-state index contributed by atoms with van der Waals surface area (Å²) < 4.78 is 37.0. The van der Waals surface area contributed by atoms with Crippen molar-refractivity contribution in [3.05, 3.63) is 29.8 Å². The number of amides is 2. The highest BCUT2D eigenvalue weighted by molar-refractivity contribution is 5.95. The number of benzene rings is 1. The summed E-state index contributed by atoms with van der Waals surface area (Å²) in [5, 5.41) is 10.4. The van der Waals surface area contributed by atoms with E-state index in [1.54, 1.807) is 13.2 Å². The molecule has 2 saturated heterocycles. The van der Waals surface area contributed by atoms with Gasteiger partial charge >= 0.3 is 12.1 Å². The number of carbonyl (C=O) groups excluding carboxylic acids is 2. The van der Waals surface area contributed by atoms with Crippen LogP contribution in [0.5, 0.6) is 5.75 Å². The fraction of sp³-hybridized carbons (Fsp3) is 0.625. The summed E-state index contributed by atoms with van der Waals surface area (Å²) >= 11 is 0. The van der Waals surface area contributed by atoms with Crippen LogP contribution in [0.1, 0.15) is 36.5 Å². The second kappa shape index (κ2) is 14.0. The van der Waals surface area contributed by atoms with Crippen LogP contribution in [-0.4, -0.2) is 109 Å². The fourth-order valence-corrected chi connectivity index (χ4v) is 4.29. The number of carboxylic acids is 1. The third-order valence-corrected chi connectivity index (χ3v) is 6.25. The van der Waals surface area contributed by atoms with Crippen molar-refractivity contribution in [2.24, 2.45) is 0 Å². The molecule has 9 nitrogen and oxygen atoms in total. The van der Waals surface area contributed by atoms with Crippen LogP contribution in [0, 0.1) is 0 Å². The number of hydrogen-bond donors (Lipinski definition) is 2. The summed E-state index contributed by atoms with van der Waals surface area (Å²) in [5.74, 6) is -1.98. The van der Waals surface area contributed by atoms with Gasteiger partial charge in [0.05, 0.1) is 7.11 Å². The number of likely N-dealkylation sites (tertiary alicyclic amines) is 1. The van der Waals surface area contributed by atoms with Crippen molar-refractivity contribution in [2.45, 2.75) is 38.4 Å². The van der Waals surface area contributed by atoms with E-state index in [1.165, 1.54) is 6.42 Å². The minimum Gasteiger partial charge on any atom is -0.497 e. The number of ether oxygens (including phenoxy) is 1. The number of aliphatic carboxylic acids is 1. The highest BCUT2D eigenvalue weighted by Crippen LogP contribution is 2.20. The SMILES string of the molecule is CCN1CCCC1CN(CCC(=O)N1CCNCC1)C(=O)c1cccc(OC)c1.O=C(O)C(F)(F)F. The Morgan fingerprint density at radius 2 is 1.86 bits per heavy atom. The molecule has 36 heavy (non-hydrogen) atoms. The van der Waals surface area contributed by atoms with E-state index in [-0.39, 0.29) is 11.8 Å². The van der Waals surface area contributed by atoms with Crippen molar-refractivity contribution in [1.82, 2.24) is 20.0 Å². The average Bonchev–Trinajstić information content (AvgIpc) is 3.33. The number of carboxylic acid groups (broad SMARTS) is 1. The Morgan fingerprint density at radius 1 is 1.19 bits per heavy atom. The van der Waals surface area contributed by atoms with Gasteiger partial charge in [0.15, 0.2) is 0 Å². The summed E-state index contributed by atoms with van der Waals surface area (Å²) in [6.07, 6.45) is -2.45. The average molecular weight is 517 g/mol. The number of carbonyl (C=O) groups is 3. The van der Waals surface area contributed by atoms with Gasteiger partial charge in [0.2, 0.25) is 5.91 Å². The number of halogens is 3. The second-order valence-electron chi connectivity index (χ2n) is 8.59. The molecule has 2 N–H and O–H groups in total. The van der Waals surface area contributed by atoms with E-state index in [2.05, 4.69) is 17.1 Å². The lowest BCUT2D eigenvalue weighted by Gasteiger charge is -2.32. The molecule has 1 atom stereocenters. The highest BCUT2D eigenvalue weighted by Gasteiger charge is 2.38. The van der Waals surface area contributed by atoms with Gasteiger partial charge in [0.1, 0.15) is 5.75 Å². The number of methoxy groups -OCH3 is 1. The maximum Gasteiger partial charge on any atom is 0.490 e. The molecule has 0 spiro atoms. The molecule has 2 aliphatic rings. The number of nitrogens with zero attached hydrogens (tertiary/aromatic N) is 3. The standard InChI is InChI=1S/C22H34N4O3.C2HF3O2/c1-3-24-12-5-7-19(24)17-26(13-9-21(27)25-14-10-23-11-15-25)22(28)18-6-4-8-20(16-18)29-2;3-2(4,5)1(6)7/h4,6,8,16,19,23H,3,5,7,9-15,17H2,1-2H3;(H,6,7). The molecule has 0 aromatic heterocycles. The quantitative estimate of drug-likeness (QED) is 0.546. The topological polar surface area (TPSA) is 102 Å². The zero-order chi connectivity index (χ0) is 26.7. The number of alkyl halides is 3. The van der Waals surface area contributed by atoms with E-state index in [0.29, 0.717) is 36.9 Å². The summed E-state index contributed by atoms with van der Waals surface area (Å²) in [4.78, 5) is 41.1. The summed E-state index contributed by atoms with van der Waals surface area (Å²) in [7, 11) is 1.60. The van der Waals surface area contributed by atoms with Gasteiger partial charge in [-0.25, -0.2) is 4.79 Å². The van der Waals surface area contributed by atoms with Gasteiger partial charge in [-0.05, 0) is 44.1 Å². The molecule has 2 fully saturated rings. The van der Waals surface area contributed by atoms with E-state index >= 15 is 0 Å². The smallest absolute Gasteiger partial charge is 0.490 e. The van der Waals surface area contributed by atoms with Crippen molar-refractivity contribution >= 4 is 17.8 Å². The molecule has 1 unspecified atom stereocenters. The van der Waals surface area contributed by atoms with Gasteiger partial charge in [-0.3, -0.25) is 14.5 Å². The van der Waals surface area contributed by atoms with E-state index in [4.69, 9.17) is 14.6 Å². The van der Waals surface area contributed by atoms with Crippen LogP contribution in [0.2, 0.25) is 0 Å². The molecular weight excluding hydrogens is 481 g/mol. The lowest BCUT2D eigenvalue weighted by atomic mass is 10.1. The number of piperazine rings is 1. The van der Waals surface area contributed by atoms with Gasteiger partial charge < -0.3 is 25.0 Å². The lowest BCUT2D eigenvalue weighted by molar-refractivity contribution is -0.192. The predicted octanol–water partition coefficient (Wildman–Crippen LogP) is 2.08. The van der Waals surface area contributed by atoms with Crippen molar-refractivity contribution in [3.8, 4) is 5.75 Å². The Bertz CT molecular complexity index is 878. The third-order valence-electron chi connectivity index (χ3n) is 6.25. The first kappa shape index (κ1) is 29.4. The summed E-state index contributed by atoms with van der Waals surface area (Å²) in [6.45, 7) is 8.53. The summed E-state index contributed by atoms with van der Waals surface area (Å²) in [5.41, 5.74) is 0.611. The van der Waals surface area contributed by atoms with E-state index in [0.717, 1.165) is 45.7 Å². The third kappa shape index (κ3) is 8.98. The molecule has 0 bridgehead atoms. The Kier molecular flexibility index (Phi) is 11.4. The van der Waals surface area contributed by atoms with E-state index < -0.39 is 12.1 Å². The van der Waals surface area contributed by atoms with Crippen molar-refractivity contribution in [2.75, 3.05) is 59.5 Å². The van der Waals surface area contributed by atoms with Gasteiger partial charge in [-0.1, -0.05) is 13.0 Å². The molecule has 12 heteroatoms. The van der Waals surface area contributed by atoms with Crippen LogP contribution in [0.4, 0.5) is 13.2 Å². The maximum absolute atomic E-state index is 13.3. The van der Waals surface area contributed by atoms with Crippen molar-refractivity contribution in [1.29, 1.82) is 0 Å². The molecule has 0 aliphatic carbocycles. The predicted molar refractivity (Wildman–Crippen MR) is 127 cm³/mol. The lowest BCUT2D eigenvalue weighted by Crippen LogP contribution is -2.48. The first-order valence-electron chi connectivity index (χ1n) is 12.0. The van der Waals surface area contributed by atoms with Gasteiger partial charge in [0.25, 0.3) is 5.91 Å². The molecule has 1 aromatic rings. The molecule has 3 rings (SSSR count). The van der Waals surface area contributed by atoms with Gasteiger partial charge in [0, 0.05) is 57.3 Å². The second-order valence-corrected chi connectivity index (χ2v) is 8.59. The van der Waals surface area contributed by atoms with Crippen molar-refractivity contribution < 1.29 is 37.4 Å². The van der Waals surface area contributed by atoms with Crippen LogP contribution < -0.4 is 10.1 Å². The van der Waals surface area contributed by atoms with Crippen molar-refractivity contribution in [3.63, 3.8) is 0 Å². The Hall–Kier alpha value is -2.86. The number of hydrogen-bond acceptors (Lipinski definition) is 6. The number of likely N-dealkylation sites (N-methyl/N-ethyl adjacent to an activating group) is 1. The first-order chi connectivity index (χ1) is 17.1. The minimum absolute atomic E-state index is 0.0278. The van der Waals surface area contributed by atoms with Crippen LogP contribution in [0.3, 0.4) is 0 Å². The zero-order valence-corrected chi connectivity index (χ0v) is 20.7. The molecule has 0 radical (unpaired) electrons. The molecule has 0 saturated carbocycles. The molecule has 202 valence electrons. The normalized spacial score (nSPS) is 18.2. The minimum atomic E-state index is -5.08. The number of rotatable bonds is 8.